The minimum atomic E-state index is -0.492. The van der Waals surface area contributed by atoms with Gasteiger partial charge in [-0.05, 0) is 18.1 Å². The van der Waals surface area contributed by atoms with Gasteiger partial charge < -0.3 is 5.73 Å². The van der Waals surface area contributed by atoms with Crippen LogP contribution in [0, 0.1) is 10.1 Å². The molecule has 0 atom stereocenters. The minimum Gasteiger partial charge on any atom is -0.393 e. The lowest BCUT2D eigenvalue weighted by molar-refractivity contribution is -0.383. The average molecular weight is 227 g/mol. The molecule has 0 heterocycles. The van der Waals surface area contributed by atoms with Gasteiger partial charge in [0.2, 0.25) is 0 Å². The molecule has 1 rings (SSSR count). The molecule has 0 aliphatic rings. The van der Waals surface area contributed by atoms with E-state index in [1.807, 2.05) is 6.08 Å². The predicted octanol–water partition coefficient (Wildman–Crippen LogP) is 2.82. The SMILES string of the molecule is Nc1ccc(C=CCCCl)cc1[N+](=O)[O-]. The molecule has 4 nitrogen and oxygen atoms in total. The molecule has 0 aliphatic heterocycles. The van der Waals surface area contributed by atoms with Crippen molar-refractivity contribution < 1.29 is 4.92 Å². The summed E-state index contributed by atoms with van der Waals surface area (Å²) in [4.78, 5) is 10.1. The van der Waals surface area contributed by atoms with E-state index < -0.39 is 4.92 Å². The highest BCUT2D eigenvalue weighted by Crippen LogP contribution is 2.22. The monoisotopic (exact) mass is 226 g/mol. The summed E-state index contributed by atoms with van der Waals surface area (Å²) in [6.07, 6.45) is 4.39. The summed E-state index contributed by atoms with van der Waals surface area (Å²) in [6.45, 7) is 0. The Morgan fingerprint density at radius 2 is 2.27 bits per heavy atom. The molecule has 0 saturated carbocycles. The zero-order chi connectivity index (χ0) is 11.3. The molecule has 0 fully saturated rings. The van der Waals surface area contributed by atoms with E-state index in [0.717, 1.165) is 12.0 Å². The van der Waals surface area contributed by atoms with Gasteiger partial charge in [-0.15, -0.1) is 11.6 Å². The van der Waals surface area contributed by atoms with Crippen molar-refractivity contribution in [1.29, 1.82) is 0 Å². The molecule has 0 radical (unpaired) electrons. The number of halogens is 1. The van der Waals surface area contributed by atoms with E-state index in [0.29, 0.717) is 5.88 Å². The fourth-order valence-corrected chi connectivity index (χ4v) is 1.23. The van der Waals surface area contributed by atoms with Crippen LogP contribution in [0.5, 0.6) is 0 Å². The van der Waals surface area contributed by atoms with E-state index in [1.165, 1.54) is 12.1 Å². The van der Waals surface area contributed by atoms with Crippen LogP contribution in [0.15, 0.2) is 24.3 Å². The Kier molecular flexibility index (Phi) is 4.12. The molecule has 80 valence electrons. The van der Waals surface area contributed by atoms with E-state index >= 15 is 0 Å². The first-order chi connectivity index (χ1) is 7.15. The molecule has 0 saturated heterocycles. The number of nitrogens with zero attached hydrogens (tertiary/aromatic N) is 1. The number of alkyl halides is 1. The zero-order valence-electron chi connectivity index (χ0n) is 8.02. The third kappa shape index (κ3) is 3.25. The van der Waals surface area contributed by atoms with Crippen LogP contribution in [-0.4, -0.2) is 10.8 Å². The number of nitro benzene ring substituents is 1. The summed E-state index contributed by atoms with van der Waals surface area (Å²) in [6, 6.07) is 4.70. The molecule has 0 aromatic heterocycles. The van der Waals surface area contributed by atoms with Crippen molar-refractivity contribution in [2.24, 2.45) is 0 Å². The van der Waals surface area contributed by atoms with Crippen LogP contribution in [0.2, 0.25) is 0 Å². The van der Waals surface area contributed by atoms with E-state index in [4.69, 9.17) is 17.3 Å². The van der Waals surface area contributed by atoms with E-state index in [9.17, 15) is 10.1 Å². The highest BCUT2D eigenvalue weighted by Gasteiger charge is 2.10. The predicted molar refractivity (Wildman–Crippen MR) is 61.9 cm³/mol. The average Bonchev–Trinajstić information content (AvgIpc) is 2.20. The summed E-state index contributed by atoms with van der Waals surface area (Å²) in [5.41, 5.74) is 6.32. The molecule has 1 aromatic rings. The number of anilines is 1. The smallest absolute Gasteiger partial charge is 0.292 e. The van der Waals surface area contributed by atoms with Gasteiger partial charge in [0.1, 0.15) is 5.69 Å². The van der Waals surface area contributed by atoms with Crippen LogP contribution < -0.4 is 5.73 Å². The third-order valence-electron chi connectivity index (χ3n) is 1.84. The summed E-state index contributed by atoms with van der Waals surface area (Å²) in [7, 11) is 0. The number of nitrogens with two attached hydrogens (primary N) is 1. The highest BCUT2D eigenvalue weighted by molar-refractivity contribution is 6.17. The van der Waals surface area contributed by atoms with Crippen LogP contribution in [0.1, 0.15) is 12.0 Å². The zero-order valence-corrected chi connectivity index (χ0v) is 8.78. The van der Waals surface area contributed by atoms with Crippen molar-refractivity contribution in [3.05, 3.63) is 40.0 Å². The fraction of sp³-hybridized carbons (Fsp3) is 0.200. The quantitative estimate of drug-likeness (QED) is 0.371. The number of hydrogen-bond acceptors (Lipinski definition) is 3. The van der Waals surface area contributed by atoms with Crippen molar-refractivity contribution in [3.63, 3.8) is 0 Å². The molecule has 0 amide bonds. The molecule has 0 bridgehead atoms. The third-order valence-corrected chi connectivity index (χ3v) is 2.06. The molecular weight excluding hydrogens is 216 g/mol. The van der Waals surface area contributed by atoms with Crippen molar-refractivity contribution >= 4 is 29.1 Å². The van der Waals surface area contributed by atoms with E-state index in [-0.39, 0.29) is 11.4 Å². The van der Waals surface area contributed by atoms with Crippen molar-refractivity contribution in [2.45, 2.75) is 6.42 Å². The van der Waals surface area contributed by atoms with Gasteiger partial charge in [0, 0.05) is 11.9 Å². The van der Waals surface area contributed by atoms with Crippen LogP contribution in [0.4, 0.5) is 11.4 Å². The van der Waals surface area contributed by atoms with E-state index in [1.54, 1.807) is 12.1 Å². The van der Waals surface area contributed by atoms with Gasteiger partial charge in [0.15, 0.2) is 0 Å². The molecule has 5 heteroatoms. The molecule has 0 unspecified atom stereocenters. The Hall–Kier alpha value is -1.55. The number of nitrogen functional groups attached to an aromatic ring is 1. The van der Waals surface area contributed by atoms with Gasteiger partial charge >= 0.3 is 0 Å². The Bertz CT molecular complexity index is 391. The van der Waals surface area contributed by atoms with Crippen LogP contribution in [0.3, 0.4) is 0 Å². The highest BCUT2D eigenvalue weighted by atomic mass is 35.5. The second-order valence-corrected chi connectivity index (χ2v) is 3.33. The lowest BCUT2D eigenvalue weighted by Crippen LogP contribution is -1.95. The van der Waals surface area contributed by atoms with Crippen LogP contribution in [-0.2, 0) is 0 Å². The minimum absolute atomic E-state index is 0.0666. The number of benzene rings is 1. The fourth-order valence-electron chi connectivity index (χ4n) is 1.10. The summed E-state index contributed by atoms with van der Waals surface area (Å²) in [5.74, 6) is 0.535. The maximum atomic E-state index is 10.6. The number of rotatable bonds is 4. The first-order valence-electron chi connectivity index (χ1n) is 4.41. The standard InChI is InChI=1S/C10H11ClN2O2/c11-6-2-1-3-8-4-5-9(12)10(7-8)13(14)15/h1,3-5,7H,2,6,12H2. The molecular formula is C10H11ClN2O2. The molecule has 0 spiro atoms. The Balaban J connectivity index is 2.92. The molecule has 0 aliphatic carbocycles. The second kappa shape index (κ2) is 5.36. The lowest BCUT2D eigenvalue weighted by atomic mass is 10.1. The summed E-state index contributed by atoms with van der Waals surface area (Å²) in [5, 5.41) is 10.6. The molecule has 2 N–H and O–H groups in total. The Morgan fingerprint density at radius 3 is 2.87 bits per heavy atom. The maximum Gasteiger partial charge on any atom is 0.292 e. The van der Waals surface area contributed by atoms with E-state index in [2.05, 4.69) is 0 Å². The summed E-state index contributed by atoms with van der Waals surface area (Å²) >= 11 is 5.50. The molecule has 1 aromatic carbocycles. The van der Waals surface area contributed by atoms with Crippen molar-refractivity contribution in [1.82, 2.24) is 0 Å². The van der Waals surface area contributed by atoms with Gasteiger partial charge in [-0.1, -0.05) is 18.2 Å². The molecule has 15 heavy (non-hydrogen) atoms. The Labute approximate surface area is 92.5 Å². The van der Waals surface area contributed by atoms with Gasteiger partial charge in [-0.2, -0.15) is 0 Å². The topological polar surface area (TPSA) is 69.2 Å². The van der Waals surface area contributed by atoms with Gasteiger partial charge in [0.25, 0.3) is 5.69 Å². The second-order valence-electron chi connectivity index (χ2n) is 2.96. The van der Waals surface area contributed by atoms with Gasteiger partial charge in [0.05, 0.1) is 4.92 Å². The number of hydrogen-bond donors (Lipinski definition) is 1. The van der Waals surface area contributed by atoms with Crippen molar-refractivity contribution in [2.75, 3.05) is 11.6 Å². The first-order valence-corrected chi connectivity index (χ1v) is 4.95. The van der Waals surface area contributed by atoms with Crippen LogP contribution >= 0.6 is 11.6 Å². The number of allylic oxidation sites excluding steroid dienone is 1. The van der Waals surface area contributed by atoms with Gasteiger partial charge in [-0.25, -0.2) is 0 Å². The van der Waals surface area contributed by atoms with Gasteiger partial charge in [-0.3, -0.25) is 10.1 Å². The maximum absolute atomic E-state index is 10.6. The summed E-state index contributed by atoms with van der Waals surface area (Å²) < 4.78 is 0. The first kappa shape index (κ1) is 11.5. The largest absolute Gasteiger partial charge is 0.393 e. The van der Waals surface area contributed by atoms with Crippen LogP contribution in [0.25, 0.3) is 6.08 Å². The lowest BCUT2D eigenvalue weighted by Gasteiger charge is -1.98. The Morgan fingerprint density at radius 1 is 1.53 bits per heavy atom. The normalized spacial score (nSPS) is 10.7. The number of nitro groups is 1. The van der Waals surface area contributed by atoms with Crippen molar-refractivity contribution in [3.8, 4) is 0 Å².